The predicted molar refractivity (Wildman–Crippen MR) is 257 cm³/mol. The molecule has 0 unspecified atom stereocenters. The number of Topliss-reactive ketones (excluding diaryl/α,β-unsaturated/α-hetero) is 12. The molecule has 1 radical (unpaired) electrons. The van der Waals surface area contributed by atoms with Gasteiger partial charge in [-0.1, -0.05) is 0 Å². The van der Waals surface area contributed by atoms with Gasteiger partial charge in [-0.3, -0.25) is 57.5 Å². The van der Waals surface area contributed by atoms with Crippen molar-refractivity contribution < 1.29 is 141 Å². The van der Waals surface area contributed by atoms with Gasteiger partial charge in [0.25, 0.3) is 0 Å². The first-order valence-electron chi connectivity index (χ1n) is 22.8. The van der Waals surface area contributed by atoms with Crippen molar-refractivity contribution in [3.05, 3.63) is 102 Å². The van der Waals surface area contributed by atoms with Crippen LogP contribution in [0.5, 0.6) is 0 Å². The molecule has 22 heteroatoms. The Labute approximate surface area is 469 Å². The van der Waals surface area contributed by atoms with Gasteiger partial charge in [0.2, 0.25) is 0 Å². The van der Waals surface area contributed by atoms with Crippen molar-refractivity contribution in [1.29, 1.82) is 0 Å². The van der Waals surface area contributed by atoms with E-state index in [1.165, 1.54) is 101 Å². The second-order valence-electron chi connectivity index (χ2n) is 16.8. The van der Waals surface area contributed by atoms with Gasteiger partial charge in [0.05, 0.1) is 39.6 Å². The third-order valence-electron chi connectivity index (χ3n) is 10.7. The van der Waals surface area contributed by atoms with E-state index in [2.05, 4.69) is 0 Å². The first kappa shape index (κ1) is 69.3. The number of hydrogen-bond donors (Lipinski definition) is 0. The molecule has 0 spiro atoms. The van der Waals surface area contributed by atoms with E-state index in [1.54, 1.807) is 0 Å². The molecule has 0 bridgehead atoms. The van der Waals surface area contributed by atoms with Crippen LogP contribution in [0.1, 0.15) is 243 Å². The Morgan fingerprint density at radius 2 is 0.461 bits per heavy atom. The number of carbonyl (C=O) groups excluding carboxylic acids is 15. The Balaban J connectivity index is 0.00000110. The molecule has 0 aromatic heterocycles. The van der Waals surface area contributed by atoms with Crippen molar-refractivity contribution >= 4 is 87.3 Å². The zero-order valence-corrected chi connectivity index (χ0v) is 46.3. The second kappa shape index (κ2) is 32.0. The number of aliphatic carboxylic acids is 3. The summed E-state index contributed by atoms with van der Waals surface area (Å²) >= 11 is 0. The molecule has 0 saturated carbocycles. The maximum atomic E-state index is 12.1. The van der Waals surface area contributed by atoms with E-state index in [-0.39, 0.29) is 182 Å². The van der Waals surface area contributed by atoms with Crippen molar-refractivity contribution in [3.8, 4) is 0 Å². The number of ketones is 12. The minimum atomic E-state index is -1.28. The predicted octanol–water partition coefficient (Wildman–Crippen LogP) is 3.46. The molecule has 0 fully saturated rings. The summed E-state index contributed by atoms with van der Waals surface area (Å²) < 4.78 is 15.6. The molecule has 0 saturated heterocycles. The average molecular weight is 1200 g/mol. The Kier molecular flexibility index (Phi) is 29.2. The molecule has 3 rings (SSSR count). The minimum absolute atomic E-state index is 0. The molecule has 0 aliphatic carbocycles. The van der Waals surface area contributed by atoms with Crippen LogP contribution in [0.25, 0.3) is 0 Å². The van der Waals surface area contributed by atoms with Crippen LogP contribution in [0, 0.1) is 39.9 Å². The molecule has 0 atom stereocenters. The first-order valence-corrected chi connectivity index (χ1v) is 22.8. The molecule has 0 aliphatic heterocycles. The van der Waals surface area contributed by atoms with Crippen LogP contribution >= 0.6 is 0 Å². The average Bonchev–Trinajstić information content (AvgIpc) is 3.28. The molecular formula is C54H57GdO21. The molecule has 0 aliphatic rings. The van der Waals surface area contributed by atoms with Gasteiger partial charge in [-0.15, -0.1) is 0 Å². The zero-order valence-electron chi connectivity index (χ0n) is 44.0. The van der Waals surface area contributed by atoms with Crippen molar-refractivity contribution in [2.24, 2.45) is 0 Å². The molecular weight excluding hydrogens is 1140 g/mol. The molecule has 21 nitrogen and oxygen atoms in total. The fourth-order valence-corrected chi connectivity index (χ4v) is 7.76. The van der Waals surface area contributed by atoms with Crippen LogP contribution in [-0.4, -0.2) is 107 Å². The van der Waals surface area contributed by atoms with Gasteiger partial charge in [-0.05, 0) is 118 Å². The summed E-state index contributed by atoms with van der Waals surface area (Å²) in [5.41, 5.74) is 0.329. The quantitative estimate of drug-likeness (QED) is 0.0779. The molecule has 0 N–H and O–H groups in total. The first-order chi connectivity index (χ1) is 34.7. The monoisotopic (exact) mass is 1200 g/mol. The SMILES string of the molecule is CC(=O)c1cc(COCCC(=O)[O-])c(C(C)=O)c(C(C)=O)c1C(C)=O.CC(=O)c1cc(COCCC(=O)[O-])c(C(C)=O)c(C(C)=O)c1C(C)=O.CC(=O)c1cc(COCCC(=O)[O-])c(C(C)=O)c(C(C)=O)c1C(C)=O.[Gd+3]. The fourth-order valence-electron chi connectivity index (χ4n) is 7.76. The van der Waals surface area contributed by atoms with E-state index in [0.29, 0.717) is 0 Å². The third kappa shape index (κ3) is 19.8. The zero-order chi connectivity index (χ0) is 57.9. The maximum absolute atomic E-state index is 12.1. The van der Waals surface area contributed by atoms with Crippen LogP contribution in [0.4, 0.5) is 0 Å². The Hall–Kier alpha value is -6.69. The van der Waals surface area contributed by atoms with Crippen molar-refractivity contribution in [1.82, 2.24) is 0 Å². The number of benzene rings is 3. The van der Waals surface area contributed by atoms with Gasteiger partial charge >= 0.3 is 39.9 Å². The van der Waals surface area contributed by atoms with E-state index in [0.717, 1.165) is 0 Å². The number of rotatable bonds is 27. The summed E-state index contributed by atoms with van der Waals surface area (Å²) in [5, 5.41) is 31.3. The topological polar surface area (TPSA) is 353 Å². The van der Waals surface area contributed by atoms with Gasteiger partial charge in [0, 0.05) is 104 Å². The van der Waals surface area contributed by atoms with E-state index >= 15 is 0 Å². The number of carboxylic acid groups (broad SMARTS) is 3. The molecule has 3 aromatic rings. The summed E-state index contributed by atoms with van der Waals surface area (Å²) in [7, 11) is 0. The number of ether oxygens (including phenoxy) is 3. The molecule has 3 aromatic carbocycles. The summed E-state index contributed by atoms with van der Waals surface area (Å²) in [5.74, 6) is -9.57. The molecule has 407 valence electrons. The van der Waals surface area contributed by atoms with Gasteiger partial charge < -0.3 is 43.9 Å². The van der Waals surface area contributed by atoms with Crippen LogP contribution < -0.4 is 15.3 Å². The molecule has 0 amide bonds. The van der Waals surface area contributed by atoms with Gasteiger partial charge in [-0.25, -0.2) is 0 Å². The van der Waals surface area contributed by atoms with Crippen LogP contribution in [0.2, 0.25) is 0 Å². The number of hydrogen-bond acceptors (Lipinski definition) is 21. The van der Waals surface area contributed by atoms with Crippen molar-refractivity contribution in [2.75, 3.05) is 19.8 Å². The van der Waals surface area contributed by atoms with Crippen molar-refractivity contribution in [3.63, 3.8) is 0 Å². The van der Waals surface area contributed by atoms with E-state index in [9.17, 15) is 87.2 Å². The minimum Gasteiger partial charge on any atom is -0.550 e. The van der Waals surface area contributed by atoms with E-state index < -0.39 is 87.3 Å². The molecule has 76 heavy (non-hydrogen) atoms. The summed E-state index contributed by atoms with van der Waals surface area (Å²) in [6, 6.07) is 4.05. The number of carboxylic acids is 3. The van der Waals surface area contributed by atoms with E-state index in [1.807, 2.05) is 0 Å². The van der Waals surface area contributed by atoms with Crippen LogP contribution in [0.15, 0.2) is 18.2 Å². The second-order valence-corrected chi connectivity index (χ2v) is 16.8. The van der Waals surface area contributed by atoms with Crippen LogP contribution in [0.3, 0.4) is 0 Å². The summed E-state index contributed by atoms with van der Waals surface area (Å²) in [6.45, 7) is 13.7. The van der Waals surface area contributed by atoms with E-state index in [4.69, 9.17) is 14.2 Å². The number of carbonyl (C=O) groups is 15. The smallest absolute Gasteiger partial charge is 0.550 e. The Bertz CT molecular complexity index is 2590. The van der Waals surface area contributed by atoms with Crippen LogP contribution in [-0.2, 0) is 48.4 Å². The standard InChI is InChI=1S/3C18H20O7.Gd/c3*1-9(19)14-7-13(8-25-6-5-15(23)24)16(10(2)20)18(12(4)22)17(14)11(3)21;/h3*7H,5-6,8H2,1-4H3,(H,23,24);/q;;;+3/p-3. The van der Waals surface area contributed by atoms with Gasteiger partial charge in [0.1, 0.15) is 0 Å². The summed E-state index contributed by atoms with van der Waals surface area (Å²) in [6.07, 6.45) is -1.000. The largest absolute Gasteiger partial charge is 3.00 e. The maximum Gasteiger partial charge on any atom is 3.00 e. The van der Waals surface area contributed by atoms with Gasteiger partial charge in [-0.2, -0.15) is 0 Å². The van der Waals surface area contributed by atoms with Gasteiger partial charge in [0.15, 0.2) is 69.4 Å². The fraction of sp³-hybridized carbons (Fsp3) is 0.389. The Morgan fingerprint density at radius 3 is 0.592 bits per heavy atom. The normalized spacial score (nSPS) is 10.3. The summed E-state index contributed by atoms with van der Waals surface area (Å²) in [4.78, 5) is 176. The third-order valence-corrected chi connectivity index (χ3v) is 10.7. The Morgan fingerprint density at radius 1 is 0.289 bits per heavy atom. The molecule has 0 heterocycles. The van der Waals surface area contributed by atoms with Crippen molar-refractivity contribution in [2.45, 2.75) is 122 Å².